The van der Waals surface area contributed by atoms with Crippen LogP contribution in [-0.4, -0.2) is 22.6 Å². The van der Waals surface area contributed by atoms with E-state index in [1.165, 1.54) is 25.7 Å². The summed E-state index contributed by atoms with van der Waals surface area (Å²) in [5.41, 5.74) is 0. The molecule has 1 aromatic heterocycles. The highest BCUT2D eigenvalue weighted by Crippen LogP contribution is 2.49. The van der Waals surface area contributed by atoms with Crippen LogP contribution in [0.15, 0.2) is 6.07 Å². The molecule has 1 aromatic rings. The van der Waals surface area contributed by atoms with Gasteiger partial charge in [0.05, 0.1) is 6.61 Å². The van der Waals surface area contributed by atoms with Gasteiger partial charge in [-0.1, -0.05) is 6.42 Å². The predicted molar refractivity (Wildman–Crippen MR) is 80.0 cm³/mol. The number of ether oxygens (including phenoxy) is 1. The van der Waals surface area contributed by atoms with Gasteiger partial charge in [0.1, 0.15) is 11.6 Å². The molecule has 110 valence electrons. The van der Waals surface area contributed by atoms with Gasteiger partial charge in [0.15, 0.2) is 0 Å². The third-order valence-corrected chi connectivity index (χ3v) is 4.92. The second-order valence-corrected chi connectivity index (χ2v) is 6.34. The van der Waals surface area contributed by atoms with Crippen molar-refractivity contribution in [1.29, 1.82) is 0 Å². The summed E-state index contributed by atoms with van der Waals surface area (Å²) >= 11 is 0. The summed E-state index contributed by atoms with van der Waals surface area (Å²) in [6, 6.07) is 2.40. The number of aryl methyl sites for hydroxylation is 1. The van der Waals surface area contributed by atoms with Gasteiger partial charge in [-0.2, -0.15) is 4.98 Å². The fourth-order valence-electron chi connectivity index (χ4n) is 4.08. The van der Waals surface area contributed by atoms with Gasteiger partial charge in [-0.3, -0.25) is 0 Å². The van der Waals surface area contributed by atoms with Crippen molar-refractivity contribution in [1.82, 2.24) is 9.97 Å². The number of nitrogens with one attached hydrogen (secondary N) is 1. The first-order valence-electron chi connectivity index (χ1n) is 7.90. The van der Waals surface area contributed by atoms with E-state index in [4.69, 9.17) is 4.74 Å². The highest BCUT2D eigenvalue weighted by molar-refractivity contribution is 5.39. The van der Waals surface area contributed by atoms with E-state index < -0.39 is 0 Å². The normalized spacial score (nSPS) is 29.4. The van der Waals surface area contributed by atoms with E-state index in [-0.39, 0.29) is 0 Å². The SMILES string of the molecule is CCOc1cc(NC(C)C2CC3CCC2C3)nc(C)n1. The standard InChI is InChI=1S/C16H25N3O/c1-4-20-16-9-15(18-11(3)19-16)17-10(2)14-8-12-5-6-13(14)7-12/h9-10,12-14H,4-8H2,1-3H3,(H,17,18,19). The molecule has 2 aliphatic rings. The second kappa shape index (κ2) is 5.58. The number of nitrogens with zero attached hydrogens (tertiary/aromatic N) is 2. The summed E-state index contributed by atoms with van der Waals surface area (Å²) in [7, 11) is 0. The Labute approximate surface area is 121 Å². The molecule has 0 saturated heterocycles. The molecule has 3 rings (SSSR count). The van der Waals surface area contributed by atoms with Crippen molar-refractivity contribution in [2.24, 2.45) is 17.8 Å². The second-order valence-electron chi connectivity index (χ2n) is 6.34. The monoisotopic (exact) mass is 275 g/mol. The summed E-state index contributed by atoms with van der Waals surface area (Å²) in [4.78, 5) is 8.78. The van der Waals surface area contributed by atoms with Crippen LogP contribution in [0.4, 0.5) is 5.82 Å². The summed E-state index contributed by atoms with van der Waals surface area (Å²) in [5.74, 6) is 5.05. The Morgan fingerprint density at radius 3 is 2.85 bits per heavy atom. The van der Waals surface area contributed by atoms with Crippen LogP contribution in [0.2, 0.25) is 0 Å². The summed E-state index contributed by atoms with van der Waals surface area (Å²) in [6.07, 6.45) is 5.72. The van der Waals surface area contributed by atoms with E-state index in [0.29, 0.717) is 18.5 Å². The minimum absolute atomic E-state index is 0.481. The summed E-state index contributed by atoms with van der Waals surface area (Å²) in [6.45, 7) is 6.82. The molecule has 4 nitrogen and oxygen atoms in total. The Balaban J connectivity index is 1.67. The Hall–Kier alpha value is -1.32. The van der Waals surface area contributed by atoms with Crippen molar-refractivity contribution >= 4 is 5.82 Å². The molecule has 2 aliphatic carbocycles. The molecule has 0 aromatic carbocycles. The molecule has 0 radical (unpaired) electrons. The van der Waals surface area contributed by atoms with Gasteiger partial charge in [0.2, 0.25) is 5.88 Å². The minimum atomic E-state index is 0.481. The topological polar surface area (TPSA) is 47.0 Å². The largest absolute Gasteiger partial charge is 0.478 e. The molecule has 1 heterocycles. The maximum atomic E-state index is 5.49. The Bertz CT molecular complexity index is 477. The van der Waals surface area contributed by atoms with Gasteiger partial charge in [-0.15, -0.1) is 0 Å². The summed E-state index contributed by atoms with van der Waals surface area (Å²) in [5, 5.41) is 3.58. The van der Waals surface area contributed by atoms with Gasteiger partial charge in [-0.05, 0) is 57.8 Å². The van der Waals surface area contributed by atoms with E-state index in [1.807, 2.05) is 19.9 Å². The maximum absolute atomic E-state index is 5.49. The average Bonchev–Trinajstić information content (AvgIpc) is 3.00. The zero-order valence-electron chi connectivity index (χ0n) is 12.7. The Morgan fingerprint density at radius 2 is 2.20 bits per heavy atom. The van der Waals surface area contributed by atoms with Crippen LogP contribution in [-0.2, 0) is 0 Å². The van der Waals surface area contributed by atoms with Crippen LogP contribution < -0.4 is 10.1 Å². The first kappa shape index (κ1) is 13.7. The molecule has 4 atom stereocenters. The molecule has 0 aliphatic heterocycles. The first-order chi connectivity index (χ1) is 9.65. The highest BCUT2D eigenvalue weighted by Gasteiger charge is 2.41. The molecular formula is C16H25N3O. The Kier molecular flexibility index (Phi) is 3.81. The Morgan fingerprint density at radius 1 is 1.35 bits per heavy atom. The number of fused-ring (bicyclic) bond motifs is 2. The van der Waals surface area contributed by atoms with Crippen LogP contribution >= 0.6 is 0 Å². The van der Waals surface area contributed by atoms with Crippen molar-refractivity contribution in [3.63, 3.8) is 0 Å². The number of hydrogen-bond acceptors (Lipinski definition) is 4. The van der Waals surface area contributed by atoms with E-state index in [9.17, 15) is 0 Å². The van der Waals surface area contributed by atoms with Crippen LogP contribution in [0.5, 0.6) is 5.88 Å². The van der Waals surface area contributed by atoms with Crippen molar-refractivity contribution in [3.05, 3.63) is 11.9 Å². The van der Waals surface area contributed by atoms with E-state index >= 15 is 0 Å². The zero-order valence-corrected chi connectivity index (χ0v) is 12.7. The van der Waals surface area contributed by atoms with Crippen molar-refractivity contribution < 1.29 is 4.74 Å². The molecule has 20 heavy (non-hydrogen) atoms. The summed E-state index contributed by atoms with van der Waals surface area (Å²) < 4.78 is 5.49. The molecule has 0 amide bonds. The number of aromatic nitrogens is 2. The maximum Gasteiger partial charge on any atom is 0.218 e. The van der Waals surface area contributed by atoms with Crippen molar-refractivity contribution in [2.45, 2.75) is 52.5 Å². The van der Waals surface area contributed by atoms with Crippen LogP contribution in [0.1, 0.15) is 45.4 Å². The first-order valence-corrected chi connectivity index (χ1v) is 7.90. The third kappa shape index (κ3) is 2.74. The van der Waals surface area contributed by atoms with Gasteiger partial charge in [-0.25, -0.2) is 4.98 Å². The minimum Gasteiger partial charge on any atom is -0.478 e. The smallest absolute Gasteiger partial charge is 0.218 e. The van der Waals surface area contributed by atoms with E-state index in [0.717, 1.165) is 29.4 Å². The van der Waals surface area contributed by atoms with E-state index in [1.54, 1.807) is 0 Å². The van der Waals surface area contributed by atoms with Crippen LogP contribution in [0.3, 0.4) is 0 Å². The lowest BCUT2D eigenvalue weighted by Crippen LogP contribution is -2.30. The lowest BCUT2D eigenvalue weighted by atomic mass is 9.84. The quantitative estimate of drug-likeness (QED) is 0.894. The molecular weight excluding hydrogens is 250 g/mol. The third-order valence-electron chi connectivity index (χ3n) is 4.92. The van der Waals surface area contributed by atoms with E-state index in [2.05, 4.69) is 22.2 Å². The van der Waals surface area contributed by atoms with Gasteiger partial charge < -0.3 is 10.1 Å². The number of anilines is 1. The van der Waals surface area contributed by atoms with Crippen molar-refractivity contribution in [3.8, 4) is 5.88 Å². The fraction of sp³-hybridized carbons (Fsp3) is 0.750. The zero-order chi connectivity index (χ0) is 14.1. The molecule has 4 unspecified atom stereocenters. The number of rotatable bonds is 5. The fourth-order valence-corrected chi connectivity index (χ4v) is 4.08. The molecule has 2 bridgehead atoms. The lowest BCUT2D eigenvalue weighted by molar-refractivity contribution is 0.303. The van der Waals surface area contributed by atoms with Gasteiger partial charge in [0, 0.05) is 12.1 Å². The average molecular weight is 275 g/mol. The molecule has 1 N–H and O–H groups in total. The molecule has 4 heteroatoms. The lowest BCUT2D eigenvalue weighted by Gasteiger charge is -2.29. The van der Waals surface area contributed by atoms with Crippen LogP contribution in [0.25, 0.3) is 0 Å². The highest BCUT2D eigenvalue weighted by atomic mass is 16.5. The predicted octanol–water partition coefficient (Wildman–Crippen LogP) is 3.42. The molecule has 2 fully saturated rings. The van der Waals surface area contributed by atoms with Crippen molar-refractivity contribution in [2.75, 3.05) is 11.9 Å². The van der Waals surface area contributed by atoms with Crippen LogP contribution in [0, 0.1) is 24.7 Å². The molecule has 2 saturated carbocycles. The van der Waals surface area contributed by atoms with Gasteiger partial charge in [0.25, 0.3) is 0 Å². The number of hydrogen-bond donors (Lipinski definition) is 1. The van der Waals surface area contributed by atoms with Gasteiger partial charge >= 0.3 is 0 Å². The molecule has 0 spiro atoms.